The highest BCUT2D eigenvalue weighted by Gasteiger charge is 2.11. The van der Waals surface area contributed by atoms with Gasteiger partial charge in [-0.25, -0.2) is 0 Å². The third-order valence-corrected chi connectivity index (χ3v) is 4.63. The van der Waals surface area contributed by atoms with Gasteiger partial charge in [-0.15, -0.1) is 0 Å². The Labute approximate surface area is 174 Å². The van der Waals surface area contributed by atoms with Crippen LogP contribution in [0.2, 0.25) is 0 Å². The first-order valence-corrected chi connectivity index (χ1v) is 9.71. The number of aryl methyl sites for hydroxylation is 3. The monoisotopic (exact) mass is 498 g/mol. The number of halogens is 2. The van der Waals surface area contributed by atoms with Crippen molar-refractivity contribution in [2.24, 2.45) is 0 Å². The Morgan fingerprint density at radius 2 is 1.52 bits per heavy atom. The van der Waals surface area contributed by atoms with E-state index in [1.165, 1.54) is 0 Å². The van der Waals surface area contributed by atoms with Gasteiger partial charge < -0.3 is 9.47 Å². The molecule has 0 saturated heterocycles. The maximum atomic E-state index is 11.9. The van der Waals surface area contributed by atoms with Crippen molar-refractivity contribution < 1.29 is 19.1 Å². The van der Waals surface area contributed by atoms with Gasteiger partial charge in [0.15, 0.2) is 13.2 Å². The van der Waals surface area contributed by atoms with Crippen LogP contribution in [0.25, 0.3) is 0 Å². The smallest absolute Gasteiger partial charge is 0.276 e. The zero-order chi connectivity index (χ0) is 20.0. The Balaban J connectivity index is 1.77. The summed E-state index contributed by atoms with van der Waals surface area (Å²) < 4.78 is 12.6. The lowest BCUT2D eigenvalue weighted by atomic mass is 10.1. The second-order valence-electron chi connectivity index (χ2n) is 5.98. The van der Waals surface area contributed by atoms with Crippen molar-refractivity contribution in [2.45, 2.75) is 20.8 Å². The Morgan fingerprint density at radius 1 is 0.889 bits per heavy atom. The lowest BCUT2D eigenvalue weighted by Crippen LogP contribution is -2.45. The Hall–Kier alpha value is -2.06. The number of hydrogen-bond acceptors (Lipinski definition) is 4. The van der Waals surface area contributed by atoms with Gasteiger partial charge in [0, 0.05) is 4.47 Å². The fraction of sp³-hybridized carbons (Fsp3) is 0.263. The number of hydrazine groups is 1. The van der Waals surface area contributed by atoms with Gasteiger partial charge in [-0.3, -0.25) is 20.4 Å². The molecule has 0 unspecified atom stereocenters. The third kappa shape index (κ3) is 6.55. The molecule has 6 nitrogen and oxygen atoms in total. The predicted molar refractivity (Wildman–Crippen MR) is 110 cm³/mol. The fourth-order valence-electron chi connectivity index (χ4n) is 2.23. The molecule has 2 rings (SSSR count). The molecule has 0 fully saturated rings. The molecule has 0 atom stereocenters. The van der Waals surface area contributed by atoms with Crippen LogP contribution < -0.4 is 20.3 Å². The lowest BCUT2D eigenvalue weighted by molar-refractivity contribution is -0.131. The van der Waals surface area contributed by atoms with Crippen LogP contribution in [0.4, 0.5) is 0 Å². The summed E-state index contributed by atoms with van der Waals surface area (Å²) in [5, 5.41) is 0. The summed E-state index contributed by atoms with van der Waals surface area (Å²) in [7, 11) is 0. The van der Waals surface area contributed by atoms with Crippen molar-refractivity contribution in [2.75, 3.05) is 13.2 Å². The van der Waals surface area contributed by atoms with E-state index in [0.717, 1.165) is 25.6 Å². The topological polar surface area (TPSA) is 76.7 Å². The van der Waals surface area contributed by atoms with Gasteiger partial charge in [-0.2, -0.15) is 0 Å². The number of benzene rings is 2. The molecule has 0 spiro atoms. The molecule has 0 aliphatic heterocycles. The molecule has 0 aliphatic rings. The van der Waals surface area contributed by atoms with E-state index in [1.54, 1.807) is 0 Å². The number of rotatable bonds is 6. The summed E-state index contributed by atoms with van der Waals surface area (Å²) in [5.41, 5.74) is 7.44. The van der Waals surface area contributed by atoms with Crippen LogP contribution in [0.3, 0.4) is 0 Å². The van der Waals surface area contributed by atoms with Gasteiger partial charge in [-0.1, -0.05) is 28.1 Å². The van der Waals surface area contributed by atoms with E-state index >= 15 is 0 Å². The molecular formula is C19H20Br2N2O4. The van der Waals surface area contributed by atoms with E-state index in [4.69, 9.17) is 9.47 Å². The fourth-order valence-corrected chi connectivity index (χ4v) is 3.78. The minimum absolute atomic E-state index is 0.206. The molecule has 2 aromatic rings. The number of carbonyl (C=O) groups excluding carboxylic acids is 2. The summed E-state index contributed by atoms with van der Waals surface area (Å²) in [6.45, 7) is 5.27. The highest BCUT2D eigenvalue weighted by molar-refractivity contribution is 9.11. The van der Waals surface area contributed by atoms with E-state index in [2.05, 4.69) is 42.7 Å². The van der Waals surface area contributed by atoms with Crippen molar-refractivity contribution in [3.05, 3.63) is 56.0 Å². The molecule has 0 saturated carbocycles. The van der Waals surface area contributed by atoms with E-state index in [9.17, 15) is 9.59 Å². The largest absolute Gasteiger partial charge is 0.483 e. The van der Waals surface area contributed by atoms with E-state index < -0.39 is 11.8 Å². The van der Waals surface area contributed by atoms with Crippen LogP contribution in [-0.2, 0) is 9.59 Å². The average molecular weight is 500 g/mol. The molecule has 144 valence electrons. The van der Waals surface area contributed by atoms with Crippen molar-refractivity contribution in [3.8, 4) is 11.5 Å². The Kier molecular flexibility index (Phi) is 7.67. The maximum absolute atomic E-state index is 11.9. The van der Waals surface area contributed by atoms with E-state index in [1.807, 2.05) is 51.1 Å². The first-order valence-electron chi connectivity index (χ1n) is 8.12. The van der Waals surface area contributed by atoms with Crippen LogP contribution in [-0.4, -0.2) is 25.0 Å². The van der Waals surface area contributed by atoms with Gasteiger partial charge in [0.2, 0.25) is 0 Å². The molecule has 2 amide bonds. The lowest BCUT2D eigenvalue weighted by Gasteiger charge is -2.13. The van der Waals surface area contributed by atoms with Crippen LogP contribution in [0.5, 0.6) is 11.5 Å². The minimum atomic E-state index is -0.482. The zero-order valence-electron chi connectivity index (χ0n) is 15.2. The first kappa shape index (κ1) is 21.2. The summed E-state index contributed by atoms with van der Waals surface area (Å²) in [6, 6.07) is 9.45. The number of amides is 2. The van der Waals surface area contributed by atoms with Crippen LogP contribution in [0.1, 0.15) is 16.7 Å². The molecule has 0 heterocycles. The number of ether oxygens (including phenoxy) is 2. The van der Waals surface area contributed by atoms with Crippen molar-refractivity contribution in [1.82, 2.24) is 10.9 Å². The molecule has 2 aromatic carbocycles. The summed E-state index contributed by atoms with van der Waals surface area (Å²) >= 11 is 6.77. The van der Waals surface area contributed by atoms with Gasteiger partial charge in [0.1, 0.15) is 11.5 Å². The molecule has 0 radical (unpaired) electrons. The molecule has 0 bridgehead atoms. The van der Waals surface area contributed by atoms with Gasteiger partial charge >= 0.3 is 0 Å². The Bertz CT molecular complexity index is 833. The van der Waals surface area contributed by atoms with Gasteiger partial charge in [-0.05, 0) is 71.6 Å². The predicted octanol–water partition coefficient (Wildman–Crippen LogP) is 3.74. The van der Waals surface area contributed by atoms with E-state index in [0.29, 0.717) is 11.5 Å². The average Bonchev–Trinajstić information content (AvgIpc) is 2.59. The summed E-state index contributed by atoms with van der Waals surface area (Å²) in [6.07, 6.45) is 0. The first-order chi connectivity index (χ1) is 12.8. The van der Waals surface area contributed by atoms with Crippen LogP contribution in [0, 0.1) is 20.8 Å². The zero-order valence-corrected chi connectivity index (χ0v) is 18.4. The number of hydrogen-bond donors (Lipinski definition) is 2. The second kappa shape index (κ2) is 9.75. The minimum Gasteiger partial charge on any atom is -0.483 e. The molecular weight excluding hydrogens is 480 g/mol. The summed E-state index contributed by atoms with van der Waals surface area (Å²) in [5.74, 6) is 0.253. The quantitative estimate of drug-likeness (QED) is 0.593. The molecule has 2 N–H and O–H groups in total. The molecule has 0 aromatic heterocycles. The highest BCUT2D eigenvalue weighted by Crippen LogP contribution is 2.32. The number of nitrogens with one attached hydrogen (secondary N) is 2. The van der Waals surface area contributed by atoms with Crippen molar-refractivity contribution in [3.63, 3.8) is 0 Å². The molecule has 27 heavy (non-hydrogen) atoms. The third-order valence-electron chi connectivity index (χ3n) is 3.59. The Morgan fingerprint density at radius 3 is 2.15 bits per heavy atom. The van der Waals surface area contributed by atoms with Crippen molar-refractivity contribution in [1.29, 1.82) is 0 Å². The maximum Gasteiger partial charge on any atom is 0.276 e. The number of carbonyl (C=O) groups is 2. The summed E-state index contributed by atoms with van der Waals surface area (Å²) in [4.78, 5) is 23.7. The van der Waals surface area contributed by atoms with Crippen LogP contribution in [0.15, 0.2) is 39.3 Å². The van der Waals surface area contributed by atoms with E-state index in [-0.39, 0.29) is 13.2 Å². The highest BCUT2D eigenvalue weighted by atomic mass is 79.9. The second-order valence-corrected chi connectivity index (χ2v) is 7.75. The molecule has 8 heteroatoms. The van der Waals surface area contributed by atoms with Crippen molar-refractivity contribution >= 4 is 43.7 Å². The standard InChI is InChI=1S/C19H20Br2N2O4/c1-11-4-5-12(2)16(6-11)26-9-17(24)22-23-18(25)10-27-19-13(3)7-14(20)8-15(19)21/h4-8H,9-10H2,1-3H3,(H,22,24)(H,23,25). The SMILES string of the molecule is Cc1ccc(C)c(OCC(=O)NNC(=O)COc2c(C)cc(Br)cc2Br)c1. The molecule has 0 aliphatic carbocycles. The van der Waals surface area contributed by atoms with Gasteiger partial charge in [0.05, 0.1) is 4.47 Å². The van der Waals surface area contributed by atoms with Crippen LogP contribution >= 0.6 is 31.9 Å². The normalized spacial score (nSPS) is 10.3. The van der Waals surface area contributed by atoms with Gasteiger partial charge in [0.25, 0.3) is 11.8 Å².